The molecule has 0 amide bonds. The van der Waals surface area contributed by atoms with Gasteiger partial charge in [-0.15, -0.1) is 0 Å². The molecule has 0 saturated carbocycles. The van der Waals surface area contributed by atoms with Crippen molar-refractivity contribution < 1.29 is 90.1 Å². The number of nitrogens with zero attached hydrogens (tertiary/aromatic N) is 3. The Labute approximate surface area is 458 Å². The van der Waals surface area contributed by atoms with Crippen molar-refractivity contribution in [1.29, 1.82) is 0 Å². The van der Waals surface area contributed by atoms with E-state index in [9.17, 15) is 13.0 Å². The number of fused-ring (bicyclic) bond motifs is 2. The van der Waals surface area contributed by atoms with Crippen LogP contribution in [0.25, 0.3) is 22.3 Å². The molecule has 9 rings (SSSR count). The normalized spacial score (nSPS) is 12.2. The number of anilines is 8. The molecule has 1 aliphatic rings. The summed E-state index contributed by atoms with van der Waals surface area (Å²) in [6, 6.07) is 61.7. The van der Waals surface area contributed by atoms with Gasteiger partial charge in [-0.3, -0.25) is 0 Å². The minimum absolute atomic E-state index is 0. The molecule has 0 saturated heterocycles. The first-order valence-electron chi connectivity index (χ1n) is 22.1. The van der Waals surface area contributed by atoms with Gasteiger partial charge in [0.1, 0.15) is 23.0 Å². The molecule has 0 fully saturated rings. The van der Waals surface area contributed by atoms with Crippen LogP contribution < -0.4 is 91.8 Å². The van der Waals surface area contributed by atoms with Crippen LogP contribution in [0.3, 0.4) is 0 Å². The first kappa shape index (κ1) is 49.8. The molecule has 0 aromatic heterocycles. The molecule has 1 heterocycles. The van der Waals surface area contributed by atoms with Crippen LogP contribution in [0.15, 0.2) is 192 Å². The van der Waals surface area contributed by atoms with Crippen molar-refractivity contribution in [2.75, 3.05) is 49.7 Å². The zero-order chi connectivity index (χ0) is 47.4. The molecule has 0 bridgehead atoms. The van der Waals surface area contributed by atoms with Crippen molar-refractivity contribution >= 4 is 67.4 Å². The zero-order valence-corrected chi connectivity index (χ0v) is 45.9. The van der Waals surface area contributed by atoms with E-state index in [1.165, 1.54) is 6.92 Å². The Kier molecular flexibility index (Phi) is 15.9. The predicted octanol–water partition coefficient (Wildman–Crippen LogP) is 10.9. The van der Waals surface area contributed by atoms with Crippen LogP contribution in [-0.2, 0) is 10.1 Å². The van der Waals surface area contributed by atoms with Gasteiger partial charge < -0.3 is 38.2 Å². The van der Waals surface area contributed by atoms with E-state index in [0.717, 1.165) is 101 Å². The summed E-state index contributed by atoms with van der Waals surface area (Å²) in [5, 5.41) is -1.04. The summed E-state index contributed by atoms with van der Waals surface area (Å²) in [5.41, 5.74) is 11.9. The topological polar surface area (TPSA) is 104 Å². The van der Waals surface area contributed by atoms with Crippen LogP contribution in [0.2, 0.25) is 0 Å². The summed E-state index contributed by atoms with van der Waals surface area (Å²) in [6.07, 6.45) is 0.180. The van der Waals surface area contributed by atoms with Crippen LogP contribution in [-0.4, -0.2) is 53.2 Å². The number of ether oxygens (including phenoxy) is 4. The minimum atomic E-state index is -4.46. The molecule has 10 nitrogen and oxygen atoms in total. The van der Waals surface area contributed by atoms with E-state index in [2.05, 4.69) is 99.6 Å². The van der Waals surface area contributed by atoms with E-state index in [-0.39, 0.29) is 64.6 Å². The van der Waals surface area contributed by atoms with Crippen LogP contribution in [0.4, 0.5) is 45.5 Å². The van der Waals surface area contributed by atoms with Crippen molar-refractivity contribution in [2.45, 2.75) is 28.4 Å². The standard InChI is InChI=1S/C56H51N3O7S2.Rb/c1-38(68(60,61)62)34-35-57-53-32-10-41(39-6-12-43(13-7-39)58(45-16-24-49(63-2)25-17-45)46-18-26-50(64-3)27-19-46)36-55(53)67-56-37-42(11-33-54(56)57)40-8-14-44(15-9-40)59(47-20-28-51(65-4)29-21-47)48-22-30-52(66-5)31-23-48;/h6-33,36-38H,34-35H2,1-5H3,(H,60,61,62);/q;+1/p-1. The van der Waals surface area contributed by atoms with Crippen LogP contribution in [0.5, 0.6) is 23.0 Å². The second-order valence-electron chi connectivity index (χ2n) is 16.3. The number of hydrogen-bond acceptors (Lipinski definition) is 11. The monoisotopic (exact) mass is 1030 g/mol. The van der Waals surface area contributed by atoms with E-state index >= 15 is 0 Å². The van der Waals surface area contributed by atoms with Crippen molar-refractivity contribution in [2.24, 2.45) is 0 Å². The molecule has 0 N–H and O–H groups in total. The quantitative estimate of drug-likeness (QED) is 0.0864. The molecule has 1 unspecified atom stereocenters. The van der Waals surface area contributed by atoms with Gasteiger partial charge in [-0.05, 0) is 181 Å². The molecule has 13 heteroatoms. The van der Waals surface area contributed by atoms with E-state index in [4.69, 9.17) is 18.9 Å². The smallest absolute Gasteiger partial charge is 0.748 e. The second-order valence-corrected chi connectivity index (χ2v) is 19.1. The van der Waals surface area contributed by atoms with Crippen molar-refractivity contribution in [3.8, 4) is 45.3 Å². The number of benzene rings is 8. The first-order valence-corrected chi connectivity index (χ1v) is 24.4. The van der Waals surface area contributed by atoms with E-state index < -0.39 is 15.4 Å². The fourth-order valence-corrected chi connectivity index (χ4v) is 9.94. The maximum Gasteiger partial charge on any atom is 1.00 e. The molecule has 8 aromatic carbocycles. The largest absolute Gasteiger partial charge is 1.00 e. The van der Waals surface area contributed by atoms with Gasteiger partial charge in [0.25, 0.3) is 0 Å². The van der Waals surface area contributed by atoms with Crippen LogP contribution in [0.1, 0.15) is 13.3 Å². The van der Waals surface area contributed by atoms with Crippen LogP contribution >= 0.6 is 11.8 Å². The third-order valence-electron chi connectivity index (χ3n) is 12.2. The Hall–Kier alpha value is -5.57. The summed E-state index contributed by atoms with van der Waals surface area (Å²) in [7, 11) is 2.18. The van der Waals surface area contributed by atoms with Gasteiger partial charge in [-0.2, -0.15) is 0 Å². The first-order chi connectivity index (χ1) is 33.0. The average Bonchev–Trinajstić information content (AvgIpc) is 3.38. The van der Waals surface area contributed by atoms with Crippen molar-refractivity contribution in [3.05, 3.63) is 182 Å². The zero-order valence-electron chi connectivity index (χ0n) is 39.3. The van der Waals surface area contributed by atoms with Crippen LogP contribution in [0, 0.1) is 0 Å². The summed E-state index contributed by atoms with van der Waals surface area (Å²) in [6.45, 7) is 1.83. The van der Waals surface area contributed by atoms with E-state index in [1.807, 2.05) is 97.1 Å². The fourth-order valence-electron chi connectivity index (χ4n) is 8.37. The summed E-state index contributed by atoms with van der Waals surface area (Å²) >= 11 is 1.68. The van der Waals surface area contributed by atoms with Gasteiger partial charge in [0, 0.05) is 55.7 Å². The SMILES string of the molecule is COc1ccc(N(c2ccc(OC)cc2)c2ccc(-c3ccc4c(c3)Sc3cc(-c5ccc(N(c6ccc(OC)cc6)c6ccc(OC)cc6)cc5)ccc3N4CCC(C)S(=O)(=O)[O-])cc2)cc1.[Rb+]. The summed E-state index contributed by atoms with van der Waals surface area (Å²) in [5.74, 6) is 3.11. The predicted molar refractivity (Wildman–Crippen MR) is 274 cm³/mol. The molecule has 1 aliphatic heterocycles. The maximum absolute atomic E-state index is 12.1. The Morgan fingerprint density at radius 1 is 0.464 bits per heavy atom. The van der Waals surface area contributed by atoms with Gasteiger partial charge in [-0.1, -0.05) is 48.2 Å². The molecule has 1 atom stereocenters. The van der Waals surface area contributed by atoms with Gasteiger partial charge in [-0.25, -0.2) is 8.42 Å². The van der Waals surface area contributed by atoms with Gasteiger partial charge in [0.15, 0.2) is 0 Å². The third-order valence-corrected chi connectivity index (χ3v) is 14.5. The molecule has 8 aromatic rings. The van der Waals surface area contributed by atoms with Gasteiger partial charge in [0.05, 0.1) is 49.9 Å². The van der Waals surface area contributed by atoms with E-state index in [0.29, 0.717) is 6.54 Å². The number of methoxy groups -OCH3 is 4. The average molecular weight is 1030 g/mol. The Morgan fingerprint density at radius 3 is 1.01 bits per heavy atom. The third kappa shape index (κ3) is 11.1. The van der Waals surface area contributed by atoms with Crippen molar-refractivity contribution in [1.82, 2.24) is 0 Å². The summed E-state index contributed by atoms with van der Waals surface area (Å²) < 4.78 is 57.9. The molecule has 344 valence electrons. The molecule has 0 aliphatic carbocycles. The molecule has 69 heavy (non-hydrogen) atoms. The molecular formula is C56H50N3O7RbS2. The Morgan fingerprint density at radius 2 is 0.739 bits per heavy atom. The van der Waals surface area contributed by atoms with Gasteiger partial charge in [0.2, 0.25) is 0 Å². The molecule has 0 radical (unpaired) electrons. The second kappa shape index (κ2) is 22.0. The minimum Gasteiger partial charge on any atom is -0.748 e. The summed E-state index contributed by atoms with van der Waals surface area (Å²) in [4.78, 5) is 8.57. The molecule has 0 spiro atoms. The van der Waals surface area contributed by atoms with Crippen molar-refractivity contribution in [3.63, 3.8) is 0 Å². The van der Waals surface area contributed by atoms with Gasteiger partial charge >= 0.3 is 58.2 Å². The Bertz CT molecular complexity index is 2830. The maximum atomic E-state index is 12.1. The van der Waals surface area contributed by atoms with E-state index in [1.54, 1.807) is 40.2 Å². The fraction of sp³-hybridized carbons (Fsp3) is 0.143. The molecular weight excluding hydrogens is 976 g/mol. The Balaban J connectivity index is 0.00000642. The number of hydrogen-bond donors (Lipinski definition) is 0. The number of rotatable bonds is 16.